The average molecular weight is 1700 g/mol. The maximum atomic E-state index is 10.8. The molecule has 14 heteroatoms. The summed E-state index contributed by atoms with van der Waals surface area (Å²) in [5, 5.41) is 48.2. The first kappa shape index (κ1) is 87.2. The molecule has 0 atom stereocenters. The van der Waals surface area contributed by atoms with Gasteiger partial charge in [0.15, 0.2) is 0 Å². The van der Waals surface area contributed by atoms with Crippen LogP contribution in [0.3, 0.4) is 0 Å². The molecular formula is C112H102CuMgN12. The Balaban J connectivity index is 0.00000585. The SMILES string of the molecule is CC(C)(C)c1cc(-c2c3nc(c(-c4cc(C#N)cc(C#N)c4)c4ccc([n-]4)c(-c4cc(C(C)(C)C)cc(C(C)(C)C)c4)c4cc5c6cc7[n-]c6c6c8nc(cc8c8cc2[n-]c8c6c5n4)c(-c2cc(C(C)(C)C)cc(C(C)(C)C)c2)c2ccc([n-]2)c(-c2cc(C#N)cc(C#N)c2)c2nc(c7-c4cc(C(C)(C)C)cc(C(C)(C)C)c4)C=C2)C=C3)cc(C(C)(C)C)c1.[Cu+2].[Mg+2]. The van der Waals surface area contributed by atoms with Gasteiger partial charge in [0.1, 0.15) is 0 Å². The summed E-state index contributed by atoms with van der Waals surface area (Å²) in [6, 6.07) is 65.4. The van der Waals surface area contributed by atoms with Crippen molar-refractivity contribution in [1.82, 2.24) is 39.9 Å². The van der Waals surface area contributed by atoms with Gasteiger partial charge in [-0.3, -0.25) is 0 Å². The van der Waals surface area contributed by atoms with Crippen LogP contribution < -0.4 is 19.9 Å². The van der Waals surface area contributed by atoms with Crippen molar-refractivity contribution in [3.63, 3.8) is 0 Å². The fourth-order valence-electron chi connectivity index (χ4n) is 17.9. The quantitative estimate of drug-likeness (QED) is 0.143. The summed E-state index contributed by atoms with van der Waals surface area (Å²) in [5.74, 6) is 0. The molecule has 10 heterocycles. The third-order valence-electron chi connectivity index (χ3n) is 25.3. The third kappa shape index (κ3) is 15.3. The van der Waals surface area contributed by atoms with Crippen LogP contribution in [0.25, 0.3) is 190 Å². The molecule has 16 bridgehead atoms. The van der Waals surface area contributed by atoms with E-state index in [1.165, 1.54) is 0 Å². The Kier molecular flexibility index (Phi) is 21.0. The van der Waals surface area contributed by atoms with Gasteiger partial charge in [-0.15, -0.1) is 44.1 Å². The third-order valence-corrected chi connectivity index (χ3v) is 25.3. The second kappa shape index (κ2) is 30.3. The Morgan fingerprint density at radius 2 is 0.460 bits per heavy atom. The molecule has 8 aromatic carbocycles. The maximum absolute atomic E-state index is 10.8. The van der Waals surface area contributed by atoms with Gasteiger partial charge in [0.05, 0.1) is 91.4 Å². The molecule has 8 aromatic heterocycles. The van der Waals surface area contributed by atoms with Crippen molar-refractivity contribution >= 4 is 146 Å². The van der Waals surface area contributed by atoms with Crippen LogP contribution in [0.2, 0.25) is 0 Å². The van der Waals surface area contributed by atoms with Gasteiger partial charge in [-0.1, -0.05) is 275 Å². The summed E-state index contributed by atoms with van der Waals surface area (Å²) in [4.78, 5) is 48.4. The number of hydrogen-bond acceptors (Lipinski definition) is 8. The molecule has 0 saturated heterocycles. The Morgan fingerprint density at radius 3 is 0.698 bits per heavy atom. The van der Waals surface area contributed by atoms with E-state index in [-0.39, 0.29) is 83.4 Å². The molecule has 2 aliphatic heterocycles. The zero-order valence-corrected chi connectivity index (χ0v) is 79.1. The van der Waals surface area contributed by atoms with Crippen molar-refractivity contribution < 1.29 is 17.1 Å². The summed E-state index contributed by atoms with van der Waals surface area (Å²) < 4.78 is 0. The smallest absolute Gasteiger partial charge is 0.657 e. The van der Waals surface area contributed by atoms with E-state index in [4.69, 9.17) is 39.9 Å². The van der Waals surface area contributed by atoms with Crippen molar-refractivity contribution in [2.45, 2.75) is 209 Å². The van der Waals surface area contributed by atoms with Crippen LogP contribution in [0.4, 0.5) is 0 Å². The monoisotopic (exact) mass is 1700 g/mol. The minimum Gasteiger partial charge on any atom is -0.657 e. The van der Waals surface area contributed by atoms with Crippen LogP contribution in [0.5, 0.6) is 0 Å². The molecule has 16 aromatic rings. The molecule has 0 N–H and O–H groups in total. The van der Waals surface area contributed by atoms with E-state index >= 15 is 0 Å². The van der Waals surface area contributed by atoms with Gasteiger partial charge in [0.25, 0.3) is 0 Å². The summed E-state index contributed by atoms with van der Waals surface area (Å²) in [6.07, 6.45) is 8.28. The van der Waals surface area contributed by atoms with Crippen LogP contribution >= 0.6 is 0 Å². The summed E-state index contributed by atoms with van der Waals surface area (Å²) in [6.45, 7) is 54.3. The first-order valence-corrected chi connectivity index (χ1v) is 43.1. The minimum atomic E-state index is -0.298. The number of fused-ring (bicyclic) bond motifs is 14. The molecule has 623 valence electrons. The first-order chi connectivity index (χ1) is 58.2. The molecule has 0 saturated carbocycles. The number of nitrogens with zero attached hydrogens (tertiary/aromatic N) is 12. The average Bonchev–Trinajstić information content (AvgIpc) is 1.52. The summed E-state index contributed by atoms with van der Waals surface area (Å²) in [5.41, 5.74) is 28.0. The van der Waals surface area contributed by atoms with E-state index in [0.717, 1.165) is 121 Å². The van der Waals surface area contributed by atoms with Crippen LogP contribution in [0.1, 0.15) is 256 Å². The van der Waals surface area contributed by atoms with E-state index in [0.29, 0.717) is 133 Å². The standard InChI is InChI=1S/C112H102N12.Cu.Mg/c1-105(2,3)69-39-65(40-70(47-69)106(4,5)6)95-85-29-25-81(117-85)93(63-35-59(55-113)33-60(36-63)56-114)82-26-30-86(118-82)97(67-43-73(109(13,14)15)49-74(44-67)110(16,17)18)91-53-79-80-54-92-98(68-45-75(111(19,20)21)50-76(46-68)112(22,23)24)88-32-28-84(120-88)94(64-37-61(57-115)34-62(38-64)58-116)83-27-31-87(119-83)96(66-41-71(107(7,8)9)48-72(42-66)108(10,11)12)90-52-78-77-51-89(95)121-101(77)99(103(79)123-91)100(102(78)122-90)104(80)124-92;;/h25-54H,1-24H3;;/q-4;2*+2. The number of benzene rings is 8. The van der Waals surface area contributed by atoms with Crippen molar-refractivity contribution in [2.24, 2.45) is 0 Å². The van der Waals surface area contributed by atoms with E-state index < -0.39 is 0 Å². The van der Waals surface area contributed by atoms with Crippen molar-refractivity contribution in [2.75, 3.05) is 0 Å². The number of nitriles is 4. The molecule has 1 radical (unpaired) electrons. The molecule has 0 fully saturated rings. The largest absolute Gasteiger partial charge is 2.00 e. The zero-order chi connectivity index (χ0) is 88.3. The Morgan fingerprint density at radius 1 is 0.238 bits per heavy atom. The molecule has 0 amide bonds. The van der Waals surface area contributed by atoms with E-state index in [2.05, 4.69) is 312 Å². The van der Waals surface area contributed by atoms with Crippen LogP contribution in [-0.2, 0) is 60.4 Å². The fourth-order valence-corrected chi connectivity index (χ4v) is 17.9. The summed E-state index contributed by atoms with van der Waals surface area (Å²) in [7, 11) is 0. The maximum Gasteiger partial charge on any atom is 2.00 e. The molecule has 12 nitrogen and oxygen atoms in total. The van der Waals surface area contributed by atoms with Gasteiger partial charge in [0.2, 0.25) is 0 Å². The van der Waals surface area contributed by atoms with E-state index in [9.17, 15) is 21.0 Å². The van der Waals surface area contributed by atoms with Crippen molar-refractivity contribution in [3.8, 4) is 91.0 Å². The van der Waals surface area contributed by atoms with E-state index in [1.54, 1.807) is 12.1 Å². The molecule has 126 heavy (non-hydrogen) atoms. The van der Waals surface area contributed by atoms with Gasteiger partial charge in [0, 0.05) is 10.8 Å². The van der Waals surface area contributed by atoms with Crippen molar-refractivity contribution in [3.05, 3.63) is 247 Å². The molecule has 2 aliphatic rings. The Hall–Kier alpha value is -12.2. The predicted molar refractivity (Wildman–Crippen MR) is 520 cm³/mol. The fraction of sp³-hybridized carbons (Fsp3) is 0.286. The molecular weight excluding hydrogens is 1600 g/mol. The van der Waals surface area contributed by atoms with Gasteiger partial charge in [-0.2, -0.15) is 21.0 Å². The van der Waals surface area contributed by atoms with Crippen molar-refractivity contribution in [1.29, 1.82) is 21.0 Å². The van der Waals surface area contributed by atoms with Gasteiger partial charge in [-0.25, -0.2) is 19.9 Å². The molecule has 0 unspecified atom stereocenters. The van der Waals surface area contributed by atoms with Gasteiger partial charge < -0.3 is 19.9 Å². The second-order valence-electron chi connectivity index (χ2n) is 42.7. The molecule has 0 spiro atoms. The Bertz CT molecular complexity index is 7140. The van der Waals surface area contributed by atoms with Crippen LogP contribution in [-0.4, -0.2) is 43.0 Å². The van der Waals surface area contributed by atoms with E-state index in [1.807, 2.05) is 48.6 Å². The summed E-state index contributed by atoms with van der Waals surface area (Å²) >= 11 is 0. The number of rotatable bonds is 6. The normalized spacial score (nSPS) is 13.0. The topological polar surface area (TPSA) is 203 Å². The van der Waals surface area contributed by atoms with Crippen LogP contribution in [0, 0.1) is 45.3 Å². The minimum absolute atomic E-state index is 0. The number of aromatic nitrogens is 8. The first-order valence-electron chi connectivity index (χ1n) is 43.1. The zero-order valence-electron chi connectivity index (χ0n) is 76.7. The molecule has 0 aliphatic carbocycles. The van der Waals surface area contributed by atoms with Crippen LogP contribution in [0.15, 0.2) is 158 Å². The Labute approximate surface area is 765 Å². The molecule has 18 rings (SSSR count). The predicted octanol–water partition coefficient (Wildman–Crippen LogP) is 27.6. The van der Waals surface area contributed by atoms with Gasteiger partial charge >= 0.3 is 40.1 Å². The second-order valence-corrected chi connectivity index (χ2v) is 42.7. The number of hydrogen-bond donors (Lipinski definition) is 0. The van der Waals surface area contributed by atoms with Gasteiger partial charge in [-0.05, 0) is 249 Å².